The van der Waals surface area contributed by atoms with Gasteiger partial charge in [-0.05, 0) is 22.0 Å². The van der Waals surface area contributed by atoms with Crippen LogP contribution in [0.25, 0.3) is 0 Å². The lowest BCUT2D eigenvalue weighted by atomic mass is 10.2. The summed E-state index contributed by atoms with van der Waals surface area (Å²) in [5, 5.41) is 0. The predicted octanol–water partition coefficient (Wildman–Crippen LogP) is 3.17. The number of rotatable bonds is 2. The minimum Gasteiger partial charge on any atom is -0.397 e. The largest absolute Gasteiger partial charge is 0.405 e. The van der Waals surface area contributed by atoms with E-state index in [9.17, 15) is 17.6 Å². The van der Waals surface area contributed by atoms with Crippen molar-refractivity contribution in [3.05, 3.63) is 22.4 Å². The number of hydrogen-bond donors (Lipinski definition) is 1. The Kier molecular flexibility index (Phi) is 3.67. The lowest BCUT2D eigenvalue weighted by molar-refractivity contribution is -0.119. The van der Waals surface area contributed by atoms with Crippen LogP contribution >= 0.6 is 15.9 Å². The van der Waals surface area contributed by atoms with Crippen LogP contribution in [0, 0.1) is 5.82 Å². The van der Waals surface area contributed by atoms with Gasteiger partial charge in [0.15, 0.2) is 0 Å². The molecule has 1 aromatic carbocycles. The van der Waals surface area contributed by atoms with Crippen molar-refractivity contribution in [2.75, 3.05) is 24.2 Å². The van der Waals surface area contributed by atoms with Crippen molar-refractivity contribution in [1.29, 1.82) is 0 Å². The van der Waals surface area contributed by atoms with Gasteiger partial charge in [0, 0.05) is 13.1 Å². The molecule has 0 aliphatic carbocycles. The van der Waals surface area contributed by atoms with E-state index in [0.29, 0.717) is 0 Å². The number of nitrogens with zero attached hydrogens (tertiary/aromatic N) is 1. The van der Waals surface area contributed by atoms with E-state index in [2.05, 4.69) is 15.9 Å². The molecule has 2 N–H and O–H groups in total. The van der Waals surface area contributed by atoms with Crippen LogP contribution < -0.4 is 10.6 Å². The molecule has 0 atom stereocenters. The summed E-state index contributed by atoms with van der Waals surface area (Å²) < 4.78 is 49.5. The second kappa shape index (κ2) is 4.48. The SMILES string of the molecule is CN(CC(F)(F)F)c1cc(Br)c(F)cc1N. The van der Waals surface area contributed by atoms with Crippen LogP contribution in [0.2, 0.25) is 0 Å². The number of benzene rings is 1. The molecule has 0 aliphatic heterocycles. The van der Waals surface area contributed by atoms with Gasteiger partial charge in [0.05, 0.1) is 15.8 Å². The van der Waals surface area contributed by atoms with E-state index in [1.54, 1.807) is 0 Å². The summed E-state index contributed by atoms with van der Waals surface area (Å²) in [5.41, 5.74) is 5.54. The number of halogens is 5. The van der Waals surface area contributed by atoms with Crippen LogP contribution in [0.15, 0.2) is 16.6 Å². The first-order valence-electron chi connectivity index (χ1n) is 4.23. The second-order valence-electron chi connectivity index (χ2n) is 3.30. The number of anilines is 2. The zero-order valence-electron chi connectivity index (χ0n) is 8.28. The molecular weight excluding hydrogens is 292 g/mol. The first-order valence-corrected chi connectivity index (χ1v) is 5.02. The molecule has 0 saturated carbocycles. The van der Waals surface area contributed by atoms with E-state index in [1.165, 1.54) is 13.1 Å². The maximum atomic E-state index is 13.0. The zero-order valence-corrected chi connectivity index (χ0v) is 9.86. The third-order valence-electron chi connectivity index (χ3n) is 1.90. The Labute approximate surface area is 98.2 Å². The molecule has 0 bridgehead atoms. The maximum absolute atomic E-state index is 13.0. The first-order chi connectivity index (χ1) is 7.20. The Bertz CT molecular complexity index is 392. The van der Waals surface area contributed by atoms with Crippen molar-refractivity contribution in [2.45, 2.75) is 6.18 Å². The van der Waals surface area contributed by atoms with Crippen LogP contribution in [0.5, 0.6) is 0 Å². The number of nitrogen functional groups attached to an aromatic ring is 1. The van der Waals surface area contributed by atoms with E-state index in [0.717, 1.165) is 11.0 Å². The van der Waals surface area contributed by atoms with E-state index < -0.39 is 18.5 Å². The zero-order chi connectivity index (χ0) is 12.5. The fraction of sp³-hybridized carbons (Fsp3) is 0.333. The average molecular weight is 301 g/mol. The highest BCUT2D eigenvalue weighted by Gasteiger charge is 2.30. The Morgan fingerprint density at radius 2 is 1.94 bits per heavy atom. The molecule has 0 amide bonds. The van der Waals surface area contributed by atoms with Gasteiger partial charge in [-0.25, -0.2) is 4.39 Å². The van der Waals surface area contributed by atoms with Crippen LogP contribution in [0.3, 0.4) is 0 Å². The predicted molar refractivity (Wildman–Crippen MR) is 57.8 cm³/mol. The van der Waals surface area contributed by atoms with Crippen LogP contribution in [-0.2, 0) is 0 Å². The molecule has 0 saturated heterocycles. The highest BCUT2D eigenvalue weighted by atomic mass is 79.9. The molecule has 0 aromatic heterocycles. The van der Waals surface area contributed by atoms with E-state index in [1.807, 2.05) is 0 Å². The van der Waals surface area contributed by atoms with Crippen molar-refractivity contribution >= 4 is 27.3 Å². The summed E-state index contributed by atoms with van der Waals surface area (Å²) in [7, 11) is 1.24. The summed E-state index contributed by atoms with van der Waals surface area (Å²) in [4.78, 5) is 0.916. The topological polar surface area (TPSA) is 29.3 Å². The number of nitrogens with two attached hydrogens (primary N) is 1. The third-order valence-corrected chi connectivity index (χ3v) is 2.50. The smallest absolute Gasteiger partial charge is 0.397 e. The van der Waals surface area contributed by atoms with Crippen molar-refractivity contribution in [3.8, 4) is 0 Å². The average Bonchev–Trinajstić information content (AvgIpc) is 2.08. The van der Waals surface area contributed by atoms with Crippen molar-refractivity contribution < 1.29 is 17.6 Å². The Balaban J connectivity index is 3.00. The number of alkyl halides is 3. The van der Waals surface area contributed by atoms with Gasteiger partial charge < -0.3 is 10.6 Å². The minimum atomic E-state index is -4.33. The van der Waals surface area contributed by atoms with E-state index in [4.69, 9.17) is 5.73 Å². The first kappa shape index (κ1) is 13.1. The van der Waals surface area contributed by atoms with Crippen molar-refractivity contribution in [3.63, 3.8) is 0 Å². The maximum Gasteiger partial charge on any atom is 0.405 e. The van der Waals surface area contributed by atoms with Gasteiger partial charge in [0.1, 0.15) is 12.4 Å². The molecule has 1 aromatic rings. The standard InChI is InChI=1S/C9H9BrF4N2/c1-16(4-9(12,13)14)8-2-5(10)6(11)3-7(8)15/h2-3H,4,15H2,1H3. The van der Waals surface area contributed by atoms with Crippen LogP contribution in [-0.4, -0.2) is 19.8 Å². The van der Waals surface area contributed by atoms with Gasteiger partial charge in [0.2, 0.25) is 0 Å². The minimum absolute atomic E-state index is 0.0348. The van der Waals surface area contributed by atoms with Gasteiger partial charge in [-0.1, -0.05) is 0 Å². The monoisotopic (exact) mass is 300 g/mol. The Hall–Kier alpha value is -0.980. The van der Waals surface area contributed by atoms with E-state index in [-0.39, 0.29) is 15.8 Å². The molecule has 0 spiro atoms. The molecule has 7 heteroatoms. The molecule has 0 unspecified atom stereocenters. The highest BCUT2D eigenvalue weighted by Crippen LogP contribution is 2.30. The molecule has 0 heterocycles. The van der Waals surface area contributed by atoms with Gasteiger partial charge in [-0.2, -0.15) is 13.2 Å². The molecule has 1 rings (SSSR count). The summed E-state index contributed by atoms with van der Waals surface area (Å²) >= 11 is 2.89. The molecule has 0 aliphatic rings. The quantitative estimate of drug-likeness (QED) is 0.671. The van der Waals surface area contributed by atoms with Crippen molar-refractivity contribution in [2.24, 2.45) is 0 Å². The fourth-order valence-electron chi connectivity index (χ4n) is 1.24. The van der Waals surface area contributed by atoms with Gasteiger partial charge in [-0.3, -0.25) is 0 Å². The van der Waals surface area contributed by atoms with Crippen LogP contribution in [0.4, 0.5) is 28.9 Å². The lowest BCUT2D eigenvalue weighted by Crippen LogP contribution is -2.31. The van der Waals surface area contributed by atoms with Gasteiger partial charge in [0.25, 0.3) is 0 Å². The molecule has 16 heavy (non-hydrogen) atoms. The van der Waals surface area contributed by atoms with Crippen LogP contribution in [0.1, 0.15) is 0 Å². The summed E-state index contributed by atoms with van der Waals surface area (Å²) in [6, 6.07) is 2.20. The molecule has 0 fully saturated rings. The second-order valence-corrected chi connectivity index (χ2v) is 4.15. The fourth-order valence-corrected chi connectivity index (χ4v) is 1.57. The van der Waals surface area contributed by atoms with Gasteiger partial charge in [-0.15, -0.1) is 0 Å². The Morgan fingerprint density at radius 3 is 2.44 bits per heavy atom. The normalized spacial score (nSPS) is 11.6. The highest BCUT2D eigenvalue weighted by molar-refractivity contribution is 9.10. The lowest BCUT2D eigenvalue weighted by Gasteiger charge is -2.22. The molecular formula is C9H9BrF4N2. The molecule has 2 nitrogen and oxygen atoms in total. The van der Waals surface area contributed by atoms with Crippen molar-refractivity contribution in [1.82, 2.24) is 0 Å². The number of hydrogen-bond acceptors (Lipinski definition) is 2. The Morgan fingerprint density at radius 1 is 1.38 bits per heavy atom. The van der Waals surface area contributed by atoms with Gasteiger partial charge >= 0.3 is 6.18 Å². The summed E-state index contributed by atoms with van der Waals surface area (Å²) in [5.74, 6) is -0.610. The third kappa shape index (κ3) is 3.26. The molecule has 0 radical (unpaired) electrons. The molecule has 90 valence electrons. The summed E-state index contributed by atoms with van der Waals surface area (Å²) in [6.07, 6.45) is -4.33. The van der Waals surface area contributed by atoms with E-state index >= 15 is 0 Å². The summed E-state index contributed by atoms with van der Waals surface area (Å²) in [6.45, 7) is -1.14.